The van der Waals surface area contributed by atoms with Crippen molar-refractivity contribution in [2.45, 2.75) is 24.3 Å². The molecule has 0 saturated carbocycles. The first kappa shape index (κ1) is 23.6. The van der Waals surface area contributed by atoms with Crippen molar-refractivity contribution < 1.29 is 13.9 Å². The molecular weight excluding hydrogens is 474 g/mol. The third-order valence-electron chi connectivity index (χ3n) is 5.68. The van der Waals surface area contributed by atoms with E-state index in [0.29, 0.717) is 28.5 Å². The number of rotatable bonds is 8. The fraction of sp³-hybridized carbons (Fsp3) is 0.185. The van der Waals surface area contributed by atoms with E-state index < -0.39 is 0 Å². The molecule has 2 heterocycles. The normalized spacial score (nSPS) is 11.9. The Morgan fingerprint density at radius 2 is 1.58 bits per heavy atom. The summed E-state index contributed by atoms with van der Waals surface area (Å²) in [6, 6.07) is 23.5. The smallest absolute Gasteiger partial charge is 0.247 e. The summed E-state index contributed by atoms with van der Waals surface area (Å²) in [6.45, 7) is 4.05. The van der Waals surface area contributed by atoms with Gasteiger partial charge in [0.15, 0.2) is 11.0 Å². The lowest BCUT2D eigenvalue weighted by Crippen LogP contribution is -2.02. The average Bonchev–Trinajstić information content (AvgIpc) is 3.57. The number of thioether (sulfide) groups is 1. The van der Waals surface area contributed by atoms with Gasteiger partial charge in [-0.2, -0.15) is 0 Å². The minimum atomic E-state index is -0.164. The number of para-hydroxylation sites is 1. The first-order valence-electron chi connectivity index (χ1n) is 11.4. The van der Waals surface area contributed by atoms with Gasteiger partial charge in [-0.3, -0.25) is 4.57 Å². The van der Waals surface area contributed by atoms with E-state index in [-0.39, 0.29) is 5.25 Å². The highest BCUT2D eigenvalue weighted by molar-refractivity contribution is 7.99. The Balaban J connectivity index is 1.51. The maximum Gasteiger partial charge on any atom is 0.247 e. The number of methoxy groups -OCH3 is 2. The first-order chi connectivity index (χ1) is 17.6. The SMILES string of the molecule is COc1ccc(-n2c(SC(C)c3nnc(-c4ccc(C)cc4)o3)nnc2-c2ccccc2OC)cc1. The molecule has 0 aliphatic heterocycles. The third kappa shape index (κ3) is 4.70. The molecule has 0 radical (unpaired) electrons. The van der Waals surface area contributed by atoms with Crippen LogP contribution >= 0.6 is 11.8 Å². The van der Waals surface area contributed by atoms with Crippen LogP contribution in [-0.2, 0) is 0 Å². The minimum Gasteiger partial charge on any atom is -0.497 e. The molecule has 0 saturated heterocycles. The van der Waals surface area contributed by atoms with Crippen LogP contribution in [0.15, 0.2) is 82.4 Å². The van der Waals surface area contributed by atoms with Crippen LogP contribution in [0.4, 0.5) is 0 Å². The second-order valence-electron chi connectivity index (χ2n) is 8.11. The monoisotopic (exact) mass is 499 g/mol. The number of hydrogen-bond donors (Lipinski definition) is 0. The molecule has 3 aromatic carbocycles. The highest BCUT2D eigenvalue weighted by Crippen LogP contribution is 2.39. The van der Waals surface area contributed by atoms with Crippen LogP contribution in [0.1, 0.15) is 23.6 Å². The molecule has 1 atom stereocenters. The highest BCUT2D eigenvalue weighted by Gasteiger charge is 2.23. The molecule has 182 valence electrons. The maximum absolute atomic E-state index is 6.01. The van der Waals surface area contributed by atoms with E-state index in [1.807, 2.05) is 91.2 Å². The lowest BCUT2D eigenvalue weighted by molar-refractivity contribution is 0.414. The Morgan fingerprint density at radius 1 is 0.833 bits per heavy atom. The number of hydrogen-bond acceptors (Lipinski definition) is 8. The zero-order chi connectivity index (χ0) is 25.1. The topological polar surface area (TPSA) is 88.1 Å². The molecule has 8 nitrogen and oxygen atoms in total. The second kappa shape index (κ2) is 10.2. The minimum absolute atomic E-state index is 0.164. The van der Waals surface area contributed by atoms with Gasteiger partial charge in [-0.05, 0) is 62.4 Å². The van der Waals surface area contributed by atoms with Crippen LogP contribution in [0.5, 0.6) is 11.5 Å². The molecule has 5 aromatic rings. The number of ether oxygens (including phenoxy) is 2. The van der Waals surface area contributed by atoms with E-state index in [1.165, 1.54) is 17.3 Å². The molecule has 1 unspecified atom stereocenters. The standard InChI is InChI=1S/C27H25N5O3S/c1-17-9-11-19(12-10-17)26-30-29-25(35-26)18(2)36-27-31-28-24(22-7-5-6-8-23(22)34-4)32(27)20-13-15-21(33-3)16-14-20/h5-16,18H,1-4H3. The molecule has 0 N–H and O–H groups in total. The van der Waals surface area contributed by atoms with Crippen LogP contribution in [0, 0.1) is 6.92 Å². The van der Waals surface area contributed by atoms with E-state index in [4.69, 9.17) is 13.9 Å². The summed E-state index contributed by atoms with van der Waals surface area (Å²) in [7, 11) is 3.29. The average molecular weight is 500 g/mol. The van der Waals surface area contributed by atoms with E-state index in [0.717, 1.165) is 22.6 Å². The maximum atomic E-state index is 6.01. The van der Waals surface area contributed by atoms with Crippen LogP contribution in [-0.4, -0.2) is 39.2 Å². The Hall–Kier alpha value is -4.11. The van der Waals surface area contributed by atoms with Crippen molar-refractivity contribution in [3.05, 3.63) is 84.3 Å². The van der Waals surface area contributed by atoms with Gasteiger partial charge in [-0.15, -0.1) is 20.4 Å². The van der Waals surface area contributed by atoms with Gasteiger partial charge in [-0.25, -0.2) is 0 Å². The number of benzene rings is 3. The number of aryl methyl sites for hydroxylation is 1. The molecule has 0 fully saturated rings. The fourth-order valence-corrected chi connectivity index (χ4v) is 4.63. The fourth-order valence-electron chi connectivity index (χ4n) is 3.73. The number of nitrogens with zero attached hydrogens (tertiary/aromatic N) is 5. The molecule has 0 spiro atoms. The van der Waals surface area contributed by atoms with Crippen LogP contribution in [0.25, 0.3) is 28.5 Å². The summed E-state index contributed by atoms with van der Waals surface area (Å²) in [5, 5.41) is 18.1. The highest BCUT2D eigenvalue weighted by atomic mass is 32.2. The Labute approximate surface area is 213 Å². The summed E-state index contributed by atoms with van der Waals surface area (Å²) >= 11 is 1.49. The third-order valence-corrected chi connectivity index (χ3v) is 6.71. The molecular formula is C27H25N5O3S. The van der Waals surface area contributed by atoms with Gasteiger partial charge in [0.25, 0.3) is 0 Å². The van der Waals surface area contributed by atoms with Gasteiger partial charge in [-0.1, -0.05) is 41.6 Å². The Morgan fingerprint density at radius 3 is 2.31 bits per heavy atom. The summed E-state index contributed by atoms with van der Waals surface area (Å²) < 4.78 is 18.9. The van der Waals surface area contributed by atoms with Crippen LogP contribution in [0.3, 0.4) is 0 Å². The summed E-state index contributed by atoms with van der Waals surface area (Å²) in [4.78, 5) is 0. The van der Waals surface area contributed by atoms with E-state index >= 15 is 0 Å². The van der Waals surface area contributed by atoms with Gasteiger partial charge in [0.05, 0.1) is 30.7 Å². The Bertz CT molecular complexity index is 1460. The van der Waals surface area contributed by atoms with Gasteiger partial charge in [0.1, 0.15) is 11.5 Å². The van der Waals surface area contributed by atoms with Crippen molar-refractivity contribution in [1.82, 2.24) is 25.0 Å². The second-order valence-corrected chi connectivity index (χ2v) is 9.42. The van der Waals surface area contributed by atoms with Crippen molar-refractivity contribution >= 4 is 11.8 Å². The molecule has 2 aromatic heterocycles. The summed E-state index contributed by atoms with van der Waals surface area (Å²) in [5.74, 6) is 3.15. The molecule has 0 amide bonds. The van der Waals surface area contributed by atoms with Crippen LogP contribution < -0.4 is 9.47 Å². The molecule has 0 aliphatic rings. The largest absolute Gasteiger partial charge is 0.497 e. The Kier molecular flexibility index (Phi) is 6.73. The molecule has 0 bridgehead atoms. The van der Waals surface area contributed by atoms with Crippen molar-refractivity contribution in [3.8, 4) is 40.0 Å². The lowest BCUT2D eigenvalue weighted by Gasteiger charge is -2.14. The first-order valence-corrected chi connectivity index (χ1v) is 12.3. The van der Waals surface area contributed by atoms with Crippen molar-refractivity contribution in [2.75, 3.05) is 14.2 Å². The van der Waals surface area contributed by atoms with E-state index in [2.05, 4.69) is 20.4 Å². The quantitative estimate of drug-likeness (QED) is 0.235. The van der Waals surface area contributed by atoms with E-state index in [9.17, 15) is 0 Å². The van der Waals surface area contributed by atoms with Crippen LogP contribution in [0.2, 0.25) is 0 Å². The molecule has 0 aliphatic carbocycles. The summed E-state index contributed by atoms with van der Waals surface area (Å²) in [6.07, 6.45) is 0. The van der Waals surface area contributed by atoms with Gasteiger partial charge < -0.3 is 13.9 Å². The van der Waals surface area contributed by atoms with Gasteiger partial charge in [0.2, 0.25) is 11.8 Å². The van der Waals surface area contributed by atoms with Crippen molar-refractivity contribution in [2.24, 2.45) is 0 Å². The molecule has 5 rings (SSSR count). The van der Waals surface area contributed by atoms with Gasteiger partial charge >= 0.3 is 0 Å². The number of aromatic nitrogens is 5. The molecule has 9 heteroatoms. The van der Waals surface area contributed by atoms with Gasteiger partial charge in [0, 0.05) is 5.56 Å². The predicted molar refractivity (Wildman–Crippen MR) is 139 cm³/mol. The molecule has 36 heavy (non-hydrogen) atoms. The lowest BCUT2D eigenvalue weighted by atomic mass is 10.1. The zero-order valence-electron chi connectivity index (χ0n) is 20.4. The summed E-state index contributed by atoms with van der Waals surface area (Å²) in [5.41, 5.74) is 3.78. The van der Waals surface area contributed by atoms with Crippen molar-refractivity contribution in [1.29, 1.82) is 0 Å². The van der Waals surface area contributed by atoms with Crippen molar-refractivity contribution in [3.63, 3.8) is 0 Å². The van der Waals surface area contributed by atoms with E-state index in [1.54, 1.807) is 14.2 Å². The predicted octanol–water partition coefficient (Wildman–Crippen LogP) is 6.16. The zero-order valence-corrected chi connectivity index (χ0v) is 21.2.